The van der Waals surface area contributed by atoms with Gasteiger partial charge in [-0.25, -0.2) is 0 Å². The summed E-state index contributed by atoms with van der Waals surface area (Å²) in [6, 6.07) is 0. The molecule has 0 aromatic heterocycles. The first-order chi connectivity index (χ1) is 4.41. The summed E-state index contributed by atoms with van der Waals surface area (Å²) in [7, 11) is 0. The first-order valence-corrected chi connectivity index (χ1v) is 5.15. The maximum atomic E-state index is 2.25. The van der Waals surface area contributed by atoms with E-state index in [0.29, 0.717) is 0 Å². The third kappa shape index (κ3) is 11.6. The Kier molecular flexibility index (Phi) is 16.7. The number of unbranched alkanes of at least 4 members (excludes halogenated alkanes) is 2. The van der Waals surface area contributed by atoms with E-state index in [1.165, 1.54) is 37.2 Å². The second-order valence-electron chi connectivity index (χ2n) is 2.32. The highest BCUT2D eigenvalue weighted by molar-refractivity contribution is 7.99. The molecule has 0 heterocycles. The molecule has 0 aliphatic heterocycles. The molecule has 2 heteroatoms. The Morgan fingerprint density at radius 3 is 1.60 bits per heavy atom. The van der Waals surface area contributed by atoms with Crippen LogP contribution in [0.1, 0.15) is 39.5 Å². The average Bonchev–Trinajstić information content (AvgIpc) is 1.89. The summed E-state index contributed by atoms with van der Waals surface area (Å²) >= 11 is 2.10. The van der Waals surface area contributed by atoms with Crippen LogP contribution in [0.3, 0.4) is 0 Å². The van der Waals surface area contributed by atoms with E-state index in [-0.39, 0.29) is 9.90 Å². The first-order valence-electron chi connectivity index (χ1n) is 3.99. The summed E-state index contributed by atoms with van der Waals surface area (Å²) in [5.74, 6) is 2.74. The Hall–Kier alpha value is 0.780. The molecule has 0 spiro atoms. The van der Waals surface area contributed by atoms with Crippen molar-refractivity contribution in [1.82, 2.24) is 0 Å². The minimum atomic E-state index is 0. The van der Waals surface area contributed by atoms with Gasteiger partial charge < -0.3 is 0 Å². The van der Waals surface area contributed by atoms with Gasteiger partial charge in [-0.3, -0.25) is 0 Å². The molecule has 1 atom stereocenters. The van der Waals surface area contributed by atoms with E-state index in [4.69, 9.17) is 0 Å². The zero-order valence-electron chi connectivity index (χ0n) is 7.36. The average molecular weight is 180 g/mol. The fourth-order valence-electron chi connectivity index (χ4n) is 0.595. The van der Waals surface area contributed by atoms with Gasteiger partial charge in [-0.2, -0.15) is 21.7 Å². The van der Waals surface area contributed by atoms with Crippen molar-refractivity contribution in [2.75, 3.05) is 11.5 Å². The van der Waals surface area contributed by atoms with Crippen LogP contribution in [0.5, 0.6) is 0 Å². The van der Waals surface area contributed by atoms with Gasteiger partial charge in [0.05, 0.1) is 0 Å². The lowest BCUT2D eigenvalue weighted by Gasteiger charge is -1.96. The molecule has 0 N–H and O–H groups in total. The molecule has 0 saturated heterocycles. The molecule has 1 unspecified atom stereocenters. The van der Waals surface area contributed by atoms with Gasteiger partial charge in [-0.05, 0) is 24.3 Å². The summed E-state index contributed by atoms with van der Waals surface area (Å²) in [5.41, 5.74) is 0. The third-order valence-corrected chi connectivity index (χ3v) is 2.44. The molecule has 0 aromatic carbocycles. The molecule has 0 aliphatic carbocycles. The molecule has 0 saturated carbocycles. The van der Waals surface area contributed by atoms with E-state index in [0.717, 1.165) is 0 Å². The van der Waals surface area contributed by atoms with Crippen molar-refractivity contribution in [3.8, 4) is 0 Å². The monoisotopic (exact) mass is 180 g/mol. The molecular formula is C8H21PS. The van der Waals surface area contributed by atoms with Crippen molar-refractivity contribution in [3.63, 3.8) is 0 Å². The number of thioether (sulfide) groups is 1. The van der Waals surface area contributed by atoms with Crippen molar-refractivity contribution in [3.05, 3.63) is 0 Å². The molecule has 0 amide bonds. The van der Waals surface area contributed by atoms with Crippen LogP contribution in [0.25, 0.3) is 0 Å². The highest BCUT2D eigenvalue weighted by Gasteiger charge is 1.85. The topological polar surface area (TPSA) is 0 Å². The van der Waals surface area contributed by atoms with Crippen molar-refractivity contribution in [1.29, 1.82) is 0 Å². The van der Waals surface area contributed by atoms with Crippen molar-refractivity contribution >= 4 is 21.7 Å². The van der Waals surface area contributed by atoms with Crippen LogP contribution < -0.4 is 0 Å². The van der Waals surface area contributed by atoms with Gasteiger partial charge in [0.25, 0.3) is 0 Å². The predicted octanol–water partition coefficient (Wildman–Crippen LogP) is 3.38. The largest absolute Gasteiger partial charge is 0.162 e. The highest BCUT2D eigenvalue weighted by atomic mass is 32.2. The second kappa shape index (κ2) is 12.5. The number of rotatable bonds is 6. The van der Waals surface area contributed by atoms with Gasteiger partial charge in [-0.15, -0.1) is 0 Å². The summed E-state index contributed by atoms with van der Waals surface area (Å²) in [6.45, 7) is 4.50. The smallest absolute Gasteiger partial charge is 0.00676 e. The fraction of sp³-hybridized carbons (Fsp3) is 1.00. The van der Waals surface area contributed by atoms with Crippen molar-refractivity contribution < 1.29 is 0 Å². The van der Waals surface area contributed by atoms with Crippen LogP contribution in [-0.2, 0) is 0 Å². The molecule has 0 aromatic rings. The van der Waals surface area contributed by atoms with Crippen molar-refractivity contribution in [2.45, 2.75) is 39.5 Å². The molecule has 0 aliphatic rings. The minimum absolute atomic E-state index is 0. The van der Waals surface area contributed by atoms with Gasteiger partial charge in [-0.1, -0.05) is 26.7 Å². The maximum absolute atomic E-state index is 2.25. The fourth-order valence-corrected chi connectivity index (χ4v) is 1.78. The van der Waals surface area contributed by atoms with E-state index in [2.05, 4.69) is 25.6 Å². The Labute approximate surface area is 73.2 Å². The van der Waals surface area contributed by atoms with Crippen LogP contribution in [0, 0.1) is 0 Å². The standard InChI is InChI=1S/C8H18S.H3P/c1-3-5-7-9-8-6-4-2;/h3-8H2,1-2H3;1H3. The van der Waals surface area contributed by atoms with E-state index < -0.39 is 0 Å². The van der Waals surface area contributed by atoms with Crippen LogP contribution in [0.4, 0.5) is 0 Å². The van der Waals surface area contributed by atoms with Crippen LogP contribution in [0.15, 0.2) is 0 Å². The van der Waals surface area contributed by atoms with E-state index in [1.54, 1.807) is 0 Å². The number of hydrogen-bond donors (Lipinski definition) is 0. The van der Waals surface area contributed by atoms with Gasteiger partial charge in [0.15, 0.2) is 0 Å². The first kappa shape index (κ1) is 13.4. The van der Waals surface area contributed by atoms with Gasteiger partial charge >= 0.3 is 0 Å². The lowest BCUT2D eigenvalue weighted by atomic mass is 10.4. The molecule has 0 nitrogen and oxygen atoms in total. The molecule has 0 fully saturated rings. The Bertz CT molecular complexity index is 42.5. The van der Waals surface area contributed by atoms with E-state index in [1.807, 2.05) is 0 Å². The molecule has 10 heavy (non-hydrogen) atoms. The summed E-state index contributed by atoms with van der Waals surface area (Å²) in [6.07, 6.45) is 5.49. The SMILES string of the molecule is CCCCSCCCC.P. The number of hydrogen-bond acceptors (Lipinski definition) is 1. The molecule has 0 bridgehead atoms. The molecule has 0 rings (SSSR count). The quantitative estimate of drug-likeness (QED) is 0.446. The Morgan fingerprint density at radius 2 is 1.30 bits per heavy atom. The normalized spacial score (nSPS) is 9.00. The molecule has 64 valence electrons. The Balaban J connectivity index is 0. The van der Waals surface area contributed by atoms with Crippen LogP contribution >= 0.6 is 21.7 Å². The predicted molar refractivity (Wildman–Crippen MR) is 58.2 cm³/mol. The van der Waals surface area contributed by atoms with Gasteiger partial charge in [0, 0.05) is 0 Å². The zero-order valence-corrected chi connectivity index (χ0v) is 9.59. The third-order valence-electron chi connectivity index (χ3n) is 1.28. The van der Waals surface area contributed by atoms with Gasteiger partial charge in [0.1, 0.15) is 0 Å². The lowest BCUT2D eigenvalue weighted by Crippen LogP contribution is -1.81. The second-order valence-corrected chi connectivity index (χ2v) is 3.54. The van der Waals surface area contributed by atoms with Crippen LogP contribution in [0.2, 0.25) is 0 Å². The molecular weight excluding hydrogens is 159 g/mol. The summed E-state index contributed by atoms with van der Waals surface area (Å²) in [5, 5.41) is 0. The highest BCUT2D eigenvalue weighted by Crippen LogP contribution is 2.06. The van der Waals surface area contributed by atoms with Crippen LogP contribution in [-0.4, -0.2) is 11.5 Å². The summed E-state index contributed by atoms with van der Waals surface area (Å²) < 4.78 is 0. The molecule has 0 radical (unpaired) electrons. The zero-order chi connectivity index (χ0) is 6.95. The maximum Gasteiger partial charge on any atom is -0.00676 e. The van der Waals surface area contributed by atoms with E-state index in [9.17, 15) is 0 Å². The Morgan fingerprint density at radius 1 is 0.900 bits per heavy atom. The van der Waals surface area contributed by atoms with Gasteiger partial charge in [0.2, 0.25) is 0 Å². The van der Waals surface area contributed by atoms with Crippen molar-refractivity contribution in [2.24, 2.45) is 0 Å². The lowest BCUT2D eigenvalue weighted by molar-refractivity contribution is 0.879. The van der Waals surface area contributed by atoms with E-state index >= 15 is 0 Å². The summed E-state index contributed by atoms with van der Waals surface area (Å²) in [4.78, 5) is 0. The minimum Gasteiger partial charge on any atom is -0.162 e.